The van der Waals surface area contributed by atoms with E-state index in [9.17, 15) is 9.59 Å². The van der Waals surface area contributed by atoms with Gasteiger partial charge >= 0.3 is 5.97 Å². The lowest BCUT2D eigenvalue weighted by atomic mass is 10.0. The highest BCUT2D eigenvalue weighted by Crippen LogP contribution is 2.39. The van der Waals surface area contributed by atoms with Crippen LogP contribution in [0.25, 0.3) is 0 Å². The van der Waals surface area contributed by atoms with Gasteiger partial charge in [0.2, 0.25) is 0 Å². The fourth-order valence-electron chi connectivity index (χ4n) is 2.59. The summed E-state index contributed by atoms with van der Waals surface area (Å²) in [6.07, 6.45) is 3.15. The smallest absolute Gasteiger partial charge is 0.335 e. The van der Waals surface area contributed by atoms with Gasteiger partial charge in [0.05, 0.1) is 35.9 Å². The third-order valence-corrected chi connectivity index (χ3v) is 3.28. The summed E-state index contributed by atoms with van der Waals surface area (Å²) in [5, 5.41) is 1.76. The Morgan fingerprint density at radius 1 is 1.37 bits per heavy atom. The zero-order valence-corrected chi connectivity index (χ0v) is 11.7. The van der Waals surface area contributed by atoms with Crippen molar-refractivity contribution in [3.63, 3.8) is 0 Å². The lowest BCUT2D eigenvalue weighted by Crippen LogP contribution is -2.46. The second-order valence-corrected chi connectivity index (χ2v) is 5.82. The number of carbonyl (C=O) groups is 1. The van der Waals surface area contributed by atoms with E-state index >= 15 is 0 Å². The predicted octanol–water partition coefficient (Wildman–Crippen LogP) is 1.42. The average molecular weight is 265 g/mol. The van der Waals surface area contributed by atoms with Crippen molar-refractivity contribution < 1.29 is 19.2 Å². The molecule has 1 saturated heterocycles. The minimum Gasteiger partial charge on any atom is -0.466 e. The Kier molecular flexibility index (Phi) is 3.63. The van der Waals surface area contributed by atoms with E-state index in [1.807, 2.05) is 26.7 Å². The van der Waals surface area contributed by atoms with Gasteiger partial charge in [-0.3, -0.25) is 4.84 Å². The van der Waals surface area contributed by atoms with Gasteiger partial charge in [-0.15, -0.1) is 0 Å². The molecule has 2 aliphatic rings. The van der Waals surface area contributed by atoms with Gasteiger partial charge in [-0.25, -0.2) is 9.59 Å². The SMILES string of the molecule is COC(=O)C1=CC(=C=O)[C@@H]2CC[C@H]1N2OC(C)(C)C. The van der Waals surface area contributed by atoms with Gasteiger partial charge in [0, 0.05) is 0 Å². The molecule has 0 aromatic rings. The van der Waals surface area contributed by atoms with Crippen LogP contribution in [-0.4, -0.2) is 41.8 Å². The van der Waals surface area contributed by atoms with Crippen molar-refractivity contribution in [3.8, 4) is 0 Å². The second-order valence-electron chi connectivity index (χ2n) is 5.82. The van der Waals surface area contributed by atoms with Crippen LogP contribution < -0.4 is 0 Å². The first-order chi connectivity index (χ1) is 8.87. The van der Waals surface area contributed by atoms with E-state index < -0.39 is 5.97 Å². The van der Waals surface area contributed by atoms with Gasteiger partial charge in [0.25, 0.3) is 0 Å². The monoisotopic (exact) mass is 265 g/mol. The molecule has 19 heavy (non-hydrogen) atoms. The van der Waals surface area contributed by atoms with Crippen molar-refractivity contribution in [1.82, 2.24) is 5.06 Å². The van der Waals surface area contributed by atoms with E-state index in [0.717, 1.165) is 12.8 Å². The minimum absolute atomic E-state index is 0.116. The molecule has 0 spiro atoms. The number of methoxy groups -OCH3 is 1. The topological polar surface area (TPSA) is 55.8 Å². The van der Waals surface area contributed by atoms with Crippen LogP contribution >= 0.6 is 0 Å². The van der Waals surface area contributed by atoms with Gasteiger partial charge in [-0.1, -0.05) is 0 Å². The highest BCUT2D eigenvalue weighted by atomic mass is 16.7. The molecule has 0 unspecified atom stereocenters. The summed E-state index contributed by atoms with van der Waals surface area (Å²) < 4.78 is 4.78. The fourth-order valence-corrected chi connectivity index (χ4v) is 2.59. The molecule has 0 radical (unpaired) electrons. The summed E-state index contributed by atoms with van der Waals surface area (Å²) in [4.78, 5) is 28.8. The van der Waals surface area contributed by atoms with E-state index in [1.54, 1.807) is 11.1 Å². The Hall–Kier alpha value is -1.42. The molecule has 2 aliphatic heterocycles. The molecule has 104 valence electrons. The van der Waals surface area contributed by atoms with Crippen molar-refractivity contribution >= 4 is 11.9 Å². The largest absolute Gasteiger partial charge is 0.466 e. The molecule has 5 heteroatoms. The lowest BCUT2D eigenvalue weighted by Gasteiger charge is -2.37. The number of esters is 1. The van der Waals surface area contributed by atoms with Crippen molar-refractivity contribution in [3.05, 3.63) is 17.2 Å². The molecule has 1 fully saturated rings. The number of ether oxygens (including phenoxy) is 1. The molecular formula is C14H19NO4. The lowest BCUT2D eigenvalue weighted by molar-refractivity contribution is -0.245. The van der Waals surface area contributed by atoms with Crippen molar-refractivity contribution in [2.75, 3.05) is 7.11 Å². The van der Waals surface area contributed by atoms with Gasteiger partial charge in [-0.05, 0) is 39.7 Å². The highest BCUT2D eigenvalue weighted by molar-refractivity contribution is 5.92. The zero-order chi connectivity index (χ0) is 14.2. The maximum Gasteiger partial charge on any atom is 0.335 e. The van der Waals surface area contributed by atoms with Crippen molar-refractivity contribution in [2.45, 2.75) is 51.3 Å². The van der Waals surface area contributed by atoms with Crippen LogP contribution in [0.1, 0.15) is 33.6 Å². The molecule has 0 aromatic carbocycles. The summed E-state index contributed by atoms with van der Waals surface area (Å²) in [5.41, 5.74) is 0.546. The van der Waals surface area contributed by atoms with E-state index in [0.29, 0.717) is 11.1 Å². The van der Waals surface area contributed by atoms with Crippen LogP contribution in [0.2, 0.25) is 0 Å². The van der Waals surface area contributed by atoms with Gasteiger partial charge < -0.3 is 4.74 Å². The van der Waals surface area contributed by atoms with Crippen LogP contribution in [0.15, 0.2) is 17.2 Å². The van der Waals surface area contributed by atoms with Gasteiger partial charge in [0.15, 0.2) is 0 Å². The molecule has 2 rings (SSSR count). The number of fused-ring (bicyclic) bond motifs is 2. The Bertz CT molecular complexity index is 468. The third-order valence-electron chi connectivity index (χ3n) is 3.28. The Morgan fingerprint density at radius 2 is 2.00 bits per heavy atom. The standard InChI is InChI=1S/C14H19NO4/c1-14(2,3)19-15-11-5-6-12(15)10(13(17)18-4)7-9(11)8-16/h7,11-12H,5-6H2,1-4H3/t11-,12+/m0/s1. The Morgan fingerprint density at radius 3 is 2.53 bits per heavy atom. The Balaban J connectivity index is 2.37. The quantitative estimate of drug-likeness (QED) is 0.558. The van der Waals surface area contributed by atoms with Crippen molar-refractivity contribution in [2.24, 2.45) is 0 Å². The number of nitrogens with zero attached hydrogens (tertiary/aromatic N) is 1. The first-order valence-electron chi connectivity index (χ1n) is 6.39. The number of hydrogen-bond acceptors (Lipinski definition) is 5. The summed E-state index contributed by atoms with van der Waals surface area (Å²) >= 11 is 0. The van der Waals surface area contributed by atoms with Crippen molar-refractivity contribution in [1.29, 1.82) is 0 Å². The molecule has 0 amide bonds. The first-order valence-corrected chi connectivity index (χ1v) is 6.39. The maximum absolute atomic E-state index is 11.8. The zero-order valence-electron chi connectivity index (χ0n) is 11.7. The molecule has 2 atom stereocenters. The van der Waals surface area contributed by atoms with E-state index in [-0.39, 0.29) is 17.7 Å². The van der Waals surface area contributed by atoms with Gasteiger partial charge in [0.1, 0.15) is 5.94 Å². The predicted molar refractivity (Wildman–Crippen MR) is 68.8 cm³/mol. The molecule has 0 aliphatic carbocycles. The molecule has 0 N–H and O–H groups in total. The second kappa shape index (κ2) is 4.93. The molecule has 0 aromatic heterocycles. The van der Waals surface area contributed by atoms with Crippen LogP contribution in [0, 0.1) is 0 Å². The van der Waals surface area contributed by atoms with Crippen LogP contribution in [0.5, 0.6) is 0 Å². The number of hydroxylamine groups is 2. The van der Waals surface area contributed by atoms with Gasteiger partial charge in [-0.2, -0.15) is 5.06 Å². The number of hydrogen-bond donors (Lipinski definition) is 0. The average Bonchev–Trinajstić information content (AvgIpc) is 2.62. The summed E-state index contributed by atoms with van der Waals surface area (Å²) in [7, 11) is 1.34. The highest BCUT2D eigenvalue weighted by Gasteiger charge is 2.46. The number of rotatable bonds is 2. The molecule has 5 nitrogen and oxygen atoms in total. The summed E-state index contributed by atoms with van der Waals surface area (Å²) in [5.74, 6) is 1.50. The molecule has 2 bridgehead atoms. The van der Waals surface area contributed by atoms with E-state index in [2.05, 4.69) is 0 Å². The van der Waals surface area contributed by atoms with Crippen LogP contribution in [0.3, 0.4) is 0 Å². The normalized spacial score (nSPS) is 26.9. The van der Waals surface area contributed by atoms with Crippen LogP contribution in [-0.2, 0) is 19.2 Å². The third kappa shape index (κ3) is 2.63. The van der Waals surface area contributed by atoms with Crippen LogP contribution in [0.4, 0.5) is 0 Å². The number of carbonyl (C=O) groups excluding carboxylic acids is 2. The fraction of sp³-hybridized carbons (Fsp3) is 0.643. The molecular weight excluding hydrogens is 246 g/mol. The van der Waals surface area contributed by atoms with E-state index in [4.69, 9.17) is 9.57 Å². The minimum atomic E-state index is -0.416. The van der Waals surface area contributed by atoms with E-state index in [1.165, 1.54) is 7.11 Å². The summed E-state index contributed by atoms with van der Waals surface area (Å²) in [6.45, 7) is 5.81. The Labute approximate surface area is 112 Å². The molecule has 2 heterocycles. The molecule has 0 saturated carbocycles. The maximum atomic E-state index is 11.8. The first kappa shape index (κ1) is 14.0. The summed E-state index contributed by atoms with van der Waals surface area (Å²) in [6, 6.07) is -0.260.